The number of amides is 1. The average molecular weight is 601 g/mol. The predicted octanol–water partition coefficient (Wildman–Crippen LogP) is 5.81. The minimum atomic E-state index is -0.671. The smallest absolute Gasteiger partial charge is 0.328 e. The van der Waals surface area contributed by atoms with Crippen LogP contribution in [0, 0.1) is 6.92 Å². The van der Waals surface area contributed by atoms with Gasteiger partial charge in [0.1, 0.15) is 6.04 Å². The second-order valence-corrected chi connectivity index (χ2v) is 11.4. The number of aromatic nitrogens is 4. The Bertz CT molecular complexity index is 1510. The number of likely N-dealkylation sites (N-methyl/N-ethyl adjacent to an activating group) is 1. The van der Waals surface area contributed by atoms with Crippen LogP contribution in [0.15, 0.2) is 72.8 Å². The second-order valence-electron chi connectivity index (χ2n) is 10.4. The van der Waals surface area contributed by atoms with Crippen molar-refractivity contribution in [3.63, 3.8) is 0 Å². The van der Waals surface area contributed by atoms with Crippen molar-refractivity contribution in [3.8, 4) is 16.8 Å². The highest BCUT2D eigenvalue weighted by atomic mass is 32.2. The summed E-state index contributed by atoms with van der Waals surface area (Å²) in [6, 6.07) is 23.1. The number of ether oxygens (including phenoxy) is 1. The Labute approximate surface area is 258 Å². The highest BCUT2D eigenvalue weighted by molar-refractivity contribution is 7.98. The van der Waals surface area contributed by atoms with E-state index in [4.69, 9.17) is 4.74 Å². The number of esters is 1. The van der Waals surface area contributed by atoms with Gasteiger partial charge in [-0.25, -0.2) is 4.79 Å². The topological polar surface area (TPSA) is 93.5 Å². The lowest BCUT2D eigenvalue weighted by Crippen LogP contribution is -2.43. The standard InChI is InChI=1S/C33H40N6O3S/c1-6-7-20-38(33-34-35-36-39(33)26-14-9-8-10-15-26)23-25-17-18-28(29(22-25)27-16-12-11-13-24(27)2)31(40)37(3)30(19-21-43-5)32(41)42-4/h8-18,22,30H,6-7,19-21,23H2,1-5H3/t30-/m0/s1. The Balaban J connectivity index is 1.74. The number of hydrogen-bond donors (Lipinski definition) is 0. The molecule has 0 aliphatic heterocycles. The third kappa shape index (κ3) is 7.62. The fourth-order valence-corrected chi connectivity index (χ4v) is 5.53. The molecule has 226 valence electrons. The van der Waals surface area contributed by atoms with Crippen molar-refractivity contribution in [2.75, 3.05) is 37.6 Å². The fraction of sp³-hybridized carbons (Fsp3) is 0.364. The summed E-state index contributed by atoms with van der Waals surface area (Å²) in [6.07, 6.45) is 4.48. The number of hydrogen-bond acceptors (Lipinski definition) is 8. The Hall–Kier alpha value is -4.18. The van der Waals surface area contributed by atoms with E-state index in [1.54, 1.807) is 23.5 Å². The highest BCUT2D eigenvalue weighted by Gasteiger charge is 2.30. The van der Waals surface area contributed by atoms with Gasteiger partial charge in [0.25, 0.3) is 11.9 Å². The van der Waals surface area contributed by atoms with E-state index >= 15 is 0 Å². The number of tetrazole rings is 1. The van der Waals surface area contributed by atoms with Gasteiger partial charge in [-0.2, -0.15) is 16.4 Å². The van der Waals surface area contributed by atoms with Crippen LogP contribution in [0.5, 0.6) is 0 Å². The van der Waals surface area contributed by atoms with Crippen LogP contribution in [-0.4, -0.2) is 75.7 Å². The molecular formula is C33H40N6O3S. The number of rotatable bonds is 14. The maximum absolute atomic E-state index is 14.0. The summed E-state index contributed by atoms with van der Waals surface area (Å²) in [5, 5.41) is 12.7. The summed E-state index contributed by atoms with van der Waals surface area (Å²) in [6.45, 7) is 5.52. The Morgan fingerprint density at radius 1 is 1.02 bits per heavy atom. The molecule has 0 spiro atoms. The number of anilines is 1. The number of benzene rings is 3. The van der Waals surface area contributed by atoms with E-state index in [2.05, 4.69) is 33.4 Å². The normalized spacial score (nSPS) is 11.7. The minimum Gasteiger partial charge on any atom is -0.467 e. The molecule has 1 aromatic heterocycles. The maximum Gasteiger partial charge on any atom is 0.328 e. The molecule has 0 fully saturated rings. The summed E-state index contributed by atoms with van der Waals surface area (Å²) in [7, 11) is 3.04. The third-order valence-corrected chi connectivity index (χ3v) is 8.14. The summed E-state index contributed by atoms with van der Waals surface area (Å²) >= 11 is 1.63. The molecule has 0 unspecified atom stereocenters. The van der Waals surface area contributed by atoms with Crippen LogP contribution in [0.3, 0.4) is 0 Å². The van der Waals surface area contributed by atoms with Crippen LogP contribution in [0.25, 0.3) is 16.8 Å². The van der Waals surface area contributed by atoms with Gasteiger partial charge in [-0.1, -0.05) is 67.0 Å². The molecule has 4 rings (SSSR count). The van der Waals surface area contributed by atoms with E-state index in [1.807, 2.05) is 79.9 Å². The zero-order valence-corrected chi connectivity index (χ0v) is 26.4. The SMILES string of the molecule is CCCCN(Cc1ccc(C(=O)N(C)[C@@H](CCSC)C(=O)OC)c(-c2ccccc2C)c1)c1nnnn1-c1ccccc1. The van der Waals surface area contributed by atoms with E-state index in [-0.39, 0.29) is 5.91 Å². The van der Waals surface area contributed by atoms with E-state index in [0.29, 0.717) is 24.5 Å². The van der Waals surface area contributed by atoms with Gasteiger partial charge >= 0.3 is 5.97 Å². The van der Waals surface area contributed by atoms with Crippen molar-refractivity contribution >= 4 is 29.6 Å². The first-order valence-corrected chi connectivity index (χ1v) is 15.9. The molecule has 10 heteroatoms. The van der Waals surface area contributed by atoms with Gasteiger partial charge in [0.05, 0.1) is 12.8 Å². The quantitative estimate of drug-likeness (QED) is 0.167. The van der Waals surface area contributed by atoms with Crippen LogP contribution >= 0.6 is 11.8 Å². The summed E-state index contributed by atoms with van der Waals surface area (Å²) < 4.78 is 6.81. The summed E-state index contributed by atoms with van der Waals surface area (Å²) in [4.78, 5) is 30.4. The Kier molecular flexibility index (Phi) is 11.3. The number of para-hydroxylation sites is 1. The highest BCUT2D eigenvalue weighted by Crippen LogP contribution is 2.31. The molecule has 0 N–H and O–H groups in total. The molecule has 1 heterocycles. The van der Waals surface area contributed by atoms with Crippen molar-refractivity contribution < 1.29 is 14.3 Å². The third-order valence-electron chi connectivity index (χ3n) is 7.50. The monoisotopic (exact) mass is 600 g/mol. The van der Waals surface area contributed by atoms with Crippen molar-refractivity contribution in [1.82, 2.24) is 25.1 Å². The van der Waals surface area contributed by atoms with Crippen molar-refractivity contribution in [1.29, 1.82) is 0 Å². The lowest BCUT2D eigenvalue weighted by Gasteiger charge is -2.28. The molecule has 0 saturated carbocycles. The molecule has 0 aliphatic carbocycles. The van der Waals surface area contributed by atoms with Crippen LogP contribution in [-0.2, 0) is 16.1 Å². The summed E-state index contributed by atoms with van der Waals surface area (Å²) in [5.41, 5.74) is 5.28. The number of nitrogens with zero attached hydrogens (tertiary/aromatic N) is 6. The first-order chi connectivity index (χ1) is 20.9. The number of unbranched alkanes of at least 4 members (excludes halogenated alkanes) is 1. The Morgan fingerprint density at radius 3 is 2.47 bits per heavy atom. The van der Waals surface area contributed by atoms with Gasteiger partial charge in [0.2, 0.25) is 0 Å². The second kappa shape index (κ2) is 15.3. The van der Waals surface area contributed by atoms with Crippen molar-refractivity contribution in [2.45, 2.75) is 45.7 Å². The zero-order valence-electron chi connectivity index (χ0n) is 25.6. The van der Waals surface area contributed by atoms with Crippen LogP contribution in [0.2, 0.25) is 0 Å². The number of aryl methyl sites for hydroxylation is 1. The molecule has 1 atom stereocenters. The van der Waals surface area contributed by atoms with Crippen LogP contribution in [0.4, 0.5) is 5.95 Å². The zero-order chi connectivity index (χ0) is 30.8. The van der Waals surface area contributed by atoms with Crippen molar-refractivity contribution in [2.24, 2.45) is 0 Å². The van der Waals surface area contributed by atoms with Crippen LogP contribution in [0.1, 0.15) is 47.7 Å². The number of thioether (sulfide) groups is 1. The van der Waals surface area contributed by atoms with Gasteiger partial charge in [-0.15, -0.1) is 0 Å². The molecular weight excluding hydrogens is 560 g/mol. The lowest BCUT2D eigenvalue weighted by molar-refractivity contribution is -0.145. The number of carbonyl (C=O) groups is 2. The minimum absolute atomic E-state index is 0.225. The molecule has 9 nitrogen and oxygen atoms in total. The van der Waals surface area contributed by atoms with E-state index in [1.165, 1.54) is 12.0 Å². The maximum atomic E-state index is 14.0. The summed E-state index contributed by atoms with van der Waals surface area (Å²) in [5.74, 6) is 0.752. The van der Waals surface area contributed by atoms with Gasteiger partial charge in [0.15, 0.2) is 0 Å². The number of methoxy groups -OCH3 is 1. The molecule has 0 bridgehead atoms. The molecule has 4 aromatic rings. The first-order valence-electron chi connectivity index (χ1n) is 14.5. The largest absolute Gasteiger partial charge is 0.467 e. The van der Waals surface area contributed by atoms with E-state index in [0.717, 1.165) is 53.1 Å². The molecule has 43 heavy (non-hydrogen) atoms. The molecule has 0 aliphatic rings. The van der Waals surface area contributed by atoms with Crippen LogP contribution < -0.4 is 4.90 Å². The molecule has 3 aromatic carbocycles. The first kappa shape index (κ1) is 31.7. The predicted molar refractivity (Wildman–Crippen MR) is 173 cm³/mol. The van der Waals surface area contributed by atoms with Gasteiger partial charge in [-0.05, 0) is 88.7 Å². The van der Waals surface area contributed by atoms with E-state index < -0.39 is 12.0 Å². The molecule has 1 amide bonds. The molecule has 0 saturated heterocycles. The van der Waals surface area contributed by atoms with Gasteiger partial charge in [0, 0.05) is 25.7 Å². The van der Waals surface area contributed by atoms with Gasteiger partial charge in [-0.3, -0.25) is 4.79 Å². The number of carbonyl (C=O) groups excluding carboxylic acids is 2. The Morgan fingerprint density at radius 2 is 1.77 bits per heavy atom. The van der Waals surface area contributed by atoms with E-state index in [9.17, 15) is 9.59 Å². The average Bonchev–Trinajstić information content (AvgIpc) is 3.53. The fourth-order valence-electron chi connectivity index (χ4n) is 5.08. The molecule has 0 radical (unpaired) electrons. The van der Waals surface area contributed by atoms with Crippen molar-refractivity contribution in [3.05, 3.63) is 89.5 Å². The van der Waals surface area contributed by atoms with Gasteiger partial charge < -0.3 is 14.5 Å². The lowest BCUT2D eigenvalue weighted by atomic mass is 9.93.